The lowest BCUT2D eigenvalue weighted by atomic mass is 9.92. The first-order chi connectivity index (χ1) is 10.5. The lowest BCUT2D eigenvalue weighted by Crippen LogP contribution is -2.27. The smallest absolute Gasteiger partial charge is 0.193 e. The van der Waals surface area contributed by atoms with Crippen LogP contribution >= 0.6 is 11.3 Å². The van der Waals surface area contributed by atoms with Crippen LogP contribution in [-0.2, 0) is 18.3 Å². The van der Waals surface area contributed by atoms with Gasteiger partial charge in [0, 0.05) is 16.0 Å². The maximum Gasteiger partial charge on any atom is 0.193 e. The highest BCUT2D eigenvalue weighted by molar-refractivity contribution is 7.10. The van der Waals surface area contributed by atoms with E-state index in [0.717, 1.165) is 5.69 Å². The molecule has 1 heterocycles. The van der Waals surface area contributed by atoms with Gasteiger partial charge in [0.05, 0.1) is 6.54 Å². The Hall–Kier alpha value is -1.81. The molecule has 0 unspecified atom stereocenters. The Labute approximate surface area is 136 Å². The highest BCUT2D eigenvalue weighted by atomic mass is 32.1. The van der Waals surface area contributed by atoms with Gasteiger partial charge in [-0.15, -0.1) is 11.3 Å². The van der Waals surface area contributed by atoms with Gasteiger partial charge in [-0.25, -0.2) is 0 Å². The third kappa shape index (κ3) is 3.33. The third-order valence-corrected chi connectivity index (χ3v) is 5.44. The summed E-state index contributed by atoms with van der Waals surface area (Å²) in [5, 5.41) is 5.32. The molecule has 1 aromatic heterocycles. The molecule has 0 saturated heterocycles. The minimum Gasteiger partial charge on any atom is -0.370 e. The number of hydrogen-bond donors (Lipinski definition) is 2. The number of nitrogens with one attached hydrogen (secondary N) is 1. The molecule has 1 aliphatic rings. The second-order valence-corrected chi connectivity index (χ2v) is 7.47. The zero-order chi connectivity index (χ0) is 15.6. The molecule has 3 rings (SSSR count). The summed E-state index contributed by atoms with van der Waals surface area (Å²) in [7, 11) is 0. The van der Waals surface area contributed by atoms with E-state index in [-0.39, 0.29) is 5.41 Å². The summed E-state index contributed by atoms with van der Waals surface area (Å²) in [5.41, 5.74) is 10.0. The summed E-state index contributed by atoms with van der Waals surface area (Å²) in [6.07, 6.45) is 3.64. The number of anilines is 1. The van der Waals surface area contributed by atoms with Crippen molar-refractivity contribution < 1.29 is 0 Å². The second kappa shape index (κ2) is 6.13. The lowest BCUT2D eigenvalue weighted by molar-refractivity contribution is 0.551. The van der Waals surface area contributed by atoms with E-state index in [1.165, 1.54) is 35.3 Å². The Balaban J connectivity index is 1.65. The van der Waals surface area contributed by atoms with Gasteiger partial charge in [0.25, 0.3) is 0 Å². The van der Waals surface area contributed by atoms with E-state index in [2.05, 4.69) is 59.9 Å². The van der Waals surface area contributed by atoms with Crippen molar-refractivity contribution in [3.8, 4) is 0 Å². The molecular formula is C18H23N3S. The molecule has 3 nitrogen and oxygen atoms in total. The van der Waals surface area contributed by atoms with Crippen LogP contribution in [0.5, 0.6) is 0 Å². The molecular weight excluding hydrogens is 290 g/mol. The molecule has 0 bridgehead atoms. The van der Waals surface area contributed by atoms with Crippen molar-refractivity contribution in [2.45, 2.75) is 38.5 Å². The predicted octanol–water partition coefficient (Wildman–Crippen LogP) is 3.94. The minimum absolute atomic E-state index is 0.0123. The number of nitrogens with two attached hydrogens (primary N) is 1. The van der Waals surface area contributed by atoms with Crippen LogP contribution in [0.4, 0.5) is 5.69 Å². The molecule has 0 radical (unpaired) electrons. The van der Waals surface area contributed by atoms with Gasteiger partial charge >= 0.3 is 0 Å². The third-order valence-electron chi connectivity index (χ3n) is 4.20. The van der Waals surface area contributed by atoms with Crippen molar-refractivity contribution in [1.29, 1.82) is 0 Å². The van der Waals surface area contributed by atoms with Crippen LogP contribution in [0.1, 0.15) is 36.3 Å². The lowest BCUT2D eigenvalue weighted by Gasteiger charge is -2.21. The quantitative estimate of drug-likeness (QED) is 0.663. The predicted molar refractivity (Wildman–Crippen MR) is 95.9 cm³/mol. The van der Waals surface area contributed by atoms with Gasteiger partial charge < -0.3 is 11.1 Å². The molecule has 3 N–H and O–H groups in total. The number of hydrogen-bond acceptors (Lipinski definition) is 2. The molecule has 0 saturated carbocycles. The van der Waals surface area contributed by atoms with Crippen LogP contribution in [0, 0.1) is 0 Å². The molecule has 0 aliphatic heterocycles. The van der Waals surface area contributed by atoms with Crippen LogP contribution in [0.3, 0.4) is 0 Å². The normalized spacial score (nSPS) is 14.9. The van der Waals surface area contributed by atoms with E-state index < -0.39 is 0 Å². The average molecular weight is 313 g/mol. The highest BCUT2D eigenvalue weighted by Crippen LogP contribution is 2.28. The first-order valence-corrected chi connectivity index (χ1v) is 8.65. The van der Waals surface area contributed by atoms with E-state index >= 15 is 0 Å². The van der Waals surface area contributed by atoms with Gasteiger partial charge in [0.1, 0.15) is 0 Å². The number of aliphatic imine (C=N–C) groups is 1. The summed E-state index contributed by atoms with van der Waals surface area (Å²) in [6, 6.07) is 10.7. The number of aryl methyl sites for hydroxylation is 2. The Morgan fingerprint density at radius 3 is 2.86 bits per heavy atom. The van der Waals surface area contributed by atoms with Crippen molar-refractivity contribution in [3.05, 3.63) is 51.7 Å². The Bertz CT molecular complexity index is 672. The Kier molecular flexibility index (Phi) is 4.21. The molecule has 4 heteroatoms. The zero-order valence-corrected chi connectivity index (χ0v) is 14.0. The van der Waals surface area contributed by atoms with Crippen molar-refractivity contribution in [2.75, 3.05) is 11.9 Å². The van der Waals surface area contributed by atoms with Gasteiger partial charge in [-0.3, -0.25) is 4.99 Å². The number of guanidine groups is 1. The van der Waals surface area contributed by atoms with Crippen molar-refractivity contribution in [2.24, 2.45) is 10.7 Å². The van der Waals surface area contributed by atoms with Gasteiger partial charge in [0.2, 0.25) is 0 Å². The number of thiophene rings is 1. The van der Waals surface area contributed by atoms with E-state index in [4.69, 9.17) is 5.73 Å². The fraction of sp³-hybridized carbons (Fsp3) is 0.389. The van der Waals surface area contributed by atoms with Crippen molar-refractivity contribution >= 4 is 23.0 Å². The van der Waals surface area contributed by atoms with E-state index in [1.807, 2.05) is 0 Å². The average Bonchev–Trinajstić information content (AvgIpc) is 3.16. The summed E-state index contributed by atoms with van der Waals surface area (Å²) in [6.45, 7) is 5.08. The van der Waals surface area contributed by atoms with E-state index in [9.17, 15) is 0 Å². The van der Waals surface area contributed by atoms with Gasteiger partial charge in [-0.05, 0) is 54.0 Å². The van der Waals surface area contributed by atoms with E-state index in [1.54, 1.807) is 11.3 Å². The molecule has 2 aromatic rings. The summed E-state index contributed by atoms with van der Waals surface area (Å²) in [5.74, 6) is 0.488. The van der Waals surface area contributed by atoms with Crippen molar-refractivity contribution in [1.82, 2.24) is 0 Å². The van der Waals surface area contributed by atoms with Crippen LogP contribution < -0.4 is 11.1 Å². The first-order valence-electron chi connectivity index (χ1n) is 7.77. The maximum atomic E-state index is 6.05. The fourth-order valence-corrected chi connectivity index (χ4v) is 3.71. The number of rotatable bonds is 4. The molecule has 22 heavy (non-hydrogen) atoms. The summed E-state index contributed by atoms with van der Waals surface area (Å²) < 4.78 is 0. The summed E-state index contributed by atoms with van der Waals surface area (Å²) in [4.78, 5) is 5.87. The molecule has 1 aliphatic carbocycles. The largest absolute Gasteiger partial charge is 0.370 e. The minimum atomic E-state index is 0.0123. The summed E-state index contributed by atoms with van der Waals surface area (Å²) >= 11 is 1.77. The molecule has 0 spiro atoms. The van der Waals surface area contributed by atoms with Gasteiger partial charge in [0.15, 0.2) is 5.96 Å². The van der Waals surface area contributed by atoms with E-state index in [0.29, 0.717) is 12.5 Å². The van der Waals surface area contributed by atoms with Crippen LogP contribution in [-0.4, -0.2) is 12.5 Å². The Morgan fingerprint density at radius 1 is 1.27 bits per heavy atom. The molecule has 0 fully saturated rings. The second-order valence-electron chi connectivity index (χ2n) is 6.52. The number of benzene rings is 1. The standard InChI is InChI=1S/C18H23N3S/c1-18(2,16-7-4-10-22-16)12-20-17(19)21-15-9-8-13-5-3-6-14(13)11-15/h4,7-11H,3,5-6,12H2,1-2H3,(H3,19,20,21). The molecule has 0 atom stereocenters. The van der Waals surface area contributed by atoms with Crippen LogP contribution in [0.25, 0.3) is 0 Å². The Morgan fingerprint density at radius 2 is 2.09 bits per heavy atom. The topological polar surface area (TPSA) is 50.4 Å². The SMILES string of the molecule is CC(C)(CN=C(N)Nc1ccc2c(c1)CCC2)c1cccs1. The molecule has 116 valence electrons. The maximum absolute atomic E-state index is 6.05. The molecule has 1 aromatic carbocycles. The monoisotopic (exact) mass is 313 g/mol. The number of fused-ring (bicyclic) bond motifs is 1. The van der Waals surface area contributed by atoms with Gasteiger partial charge in [-0.1, -0.05) is 26.0 Å². The zero-order valence-electron chi connectivity index (χ0n) is 13.2. The highest BCUT2D eigenvalue weighted by Gasteiger charge is 2.21. The van der Waals surface area contributed by atoms with Gasteiger partial charge in [-0.2, -0.15) is 0 Å². The number of nitrogens with zero attached hydrogens (tertiary/aromatic N) is 1. The first kappa shape index (κ1) is 15.1. The van der Waals surface area contributed by atoms with Crippen LogP contribution in [0.15, 0.2) is 40.7 Å². The van der Waals surface area contributed by atoms with Crippen LogP contribution in [0.2, 0.25) is 0 Å². The van der Waals surface area contributed by atoms with Crippen molar-refractivity contribution in [3.63, 3.8) is 0 Å². The fourth-order valence-electron chi connectivity index (χ4n) is 2.86. The molecule has 0 amide bonds.